The number of nitrogens with one attached hydrogen (secondary N) is 1. The normalized spacial score (nSPS) is 27.5. The Hall–Kier alpha value is -0.340. The fourth-order valence-corrected chi connectivity index (χ4v) is 2.95. The minimum absolute atomic E-state index is 0.295. The molecule has 1 spiro atoms. The van der Waals surface area contributed by atoms with Crippen LogP contribution in [0, 0.1) is 0 Å². The van der Waals surface area contributed by atoms with Crippen molar-refractivity contribution in [3.05, 3.63) is 11.6 Å². The molecular weight excluding hydrogens is 198 g/mol. The summed E-state index contributed by atoms with van der Waals surface area (Å²) in [5.74, 6) is 0. The SMILES string of the molecule is CC(C)=CCNCC1CCC2(CCCC2)O1. The topological polar surface area (TPSA) is 21.3 Å². The van der Waals surface area contributed by atoms with Gasteiger partial charge >= 0.3 is 0 Å². The first kappa shape index (κ1) is 12.1. The third kappa shape index (κ3) is 3.08. The molecule has 1 saturated heterocycles. The first-order valence-corrected chi connectivity index (χ1v) is 6.72. The molecule has 16 heavy (non-hydrogen) atoms. The van der Waals surface area contributed by atoms with Crippen molar-refractivity contribution in [1.82, 2.24) is 5.32 Å². The molecule has 0 bridgehead atoms. The second-order valence-corrected chi connectivity index (χ2v) is 5.61. The summed E-state index contributed by atoms with van der Waals surface area (Å²) in [6.07, 6.45) is 10.6. The summed E-state index contributed by atoms with van der Waals surface area (Å²) in [4.78, 5) is 0. The van der Waals surface area contributed by atoms with Crippen molar-refractivity contribution in [3.63, 3.8) is 0 Å². The van der Waals surface area contributed by atoms with Gasteiger partial charge in [0, 0.05) is 13.1 Å². The Kier molecular flexibility index (Phi) is 4.04. The number of rotatable bonds is 4. The standard InChI is InChI=1S/C14H25NO/c1-12(2)6-10-15-11-13-5-9-14(16-13)7-3-4-8-14/h6,13,15H,3-5,7-11H2,1-2H3. The van der Waals surface area contributed by atoms with Crippen molar-refractivity contribution < 1.29 is 4.74 Å². The van der Waals surface area contributed by atoms with E-state index in [9.17, 15) is 0 Å². The van der Waals surface area contributed by atoms with E-state index in [1.165, 1.54) is 44.1 Å². The summed E-state index contributed by atoms with van der Waals surface area (Å²) in [5.41, 5.74) is 1.68. The highest BCUT2D eigenvalue weighted by Gasteiger charge is 2.41. The molecule has 2 heteroatoms. The van der Waals surface area contributed by atoms with Crippen LogP contribution in [0.3, 0.4) is 0 Å². The van der Waals surface area contributed by atoms with Gasteiger partial charge in [-0.05, 0) is 39.5 Å². The van der Waals surface area contributed by atoms with Crippen LogP contribution in [-0.2, 0) is 4.74 Å². The van der Waals surface area contributed by atoms with Gasteiger partial charge in [-0.1, -0.05) is 24.5 Å². The smallest absolute Gasteiger partial charge is 0.0708 e. The second-order valence-electron chi connectivity index (χ2n) is 5.61. The third-order valence-corrected chi connectivity index (χ3v) is 3.88. The van der Waals surface area contributed by atoms with Crippen LogP contribution in [0.25, 0.3) is 0 Å². The zero-order chi connectivity index (χ0) is 11.4. The highest BCUT2D eigenvalue weighted by Crippen LogP contribution is 2.42. The monoisotopic (exact) mass is 223 g/mol. The molecule has 1 heterocycles. The predicted octanol–water partition coefficient (Wildman–Crippen LogP) is 3.03. The van der Waals surface area contributed by atoms with Gasteiger partial charge in [-0.15, -0.1) is 0 Å². The van der Waals surface area contributed by atoms with Gasteiger partial charge in [0.25, 0.3) is 0 Å². The molecule has 0 aromatic rings. The van der Waals surface area contributed by atoms with Crippen LogP contribution in [0.2, 0.25) is 0 Å². The molecule has 1 atom stereocenters. The Morgan fingerprint density at radius 1 is 1.31 bits per heavy atom. The number of hydrogen-bond donors (Lipinski definition) is 1. The van der Waals surface area contributed by atoms with E-state index in [1.54, 1.807) is 0 Å². The van der Waals surface area contributed by atoms with Gasteiger partial charge in [0.15, 0.2) is 0 Å². The average Bonchev–Trinajstić information content (AvgIpc) is 2.85. The highest BCUT2D eigenvalue weighted by atomic mass is 16.5. The van der Waals surface area contributed by atoms with Crippen molar-refractivity contribution >= 4 is 0 Å². The van der Waals surface area contributed by atoms with Gasteiger partial charge in [0.2, 0.25) is 0 Å². The van der Waals surface area contributed by atoms with Gasteiger partial charge in [0.05, 0.1) is 11.7 Å². The number of allylic oxidation sites excluding steroid dienone is 1. The quantitative estimate of drug-likeness (QED) is 0.584. The van der Waals surface area contributed by atoms with Gasteiger partial charge in [-0.3, -0.25) is 0 Å². The Morgan fingerprint density at radius 3 is 2.75 bits per heavy atom. The maximum absolute atomic E-state index is 6.23. The third-order valence-electron chi connectivity index (χ3n) is 3.88. The lowest BCUT2D eigenvalue weighted by molar-refractivity contribution is -0.0347. The molecule has 1 N–H and O–H groups in total. The molecule has 2 aliphatic rings. The largest absolute Gasteiger partial charge is 0.370 e. The van der Waals surface area contributed by atoms with Gasteiger partial charge in [-0.25, -0.2) is 0 Å². The van der Waals surface area contributed by atoms with Crippen LogP contribution in [0.5, 0.6) is 0 Å². The average molecular weight is 223 g/mol. The van der Waals surface area contributed by atoms with E-state index < -0.39 is 0 Å². The van der Waals surface area contributed by atoms with Gasteiger partial charge < -0.3 is 10.1 Å². The van der Waals surface area contributed by atoms with E-state index in [4.69, 9.17) is 4.74 Å². The molecule has 2 nitrogen and oxygen atoms in total. The van der Waals surface area contributed by atoms with E-state index in [2.05, 4.69) is 25.2 Å². The molecule has 0 amide bonds. The van der Waals surface area contributed by atoms with Crippen LogP contribution in [0.4, 0.5) is 0 Å². The van der Waals surface area contributed by atoms with Crippen LogP contribution >= 0.6 is 0 Å². The lowest BCUT2D eigenvalue weighted by Gasteiger charge is -2.23. The van der Waals surface area contributed by atoms with Crippen LogP contribution in [0.1, 0.15) is 52.4 Å². The molecular formula is C14H25NO. The molecule has 1 unspecified atom stereocenters. The van der Waals surface area contributed by atoms with E-state index in [0.717, 1.165) is 13.1 Å². The highest BCUT2D eigenvalue weighted by molar-refractivity contribution is 4.96. The van der Waals surface area contributed by atoms with Gasteiger partial charge in [0.1, 0.15) is 0 Å². The summed E-state index contributed by atoms with van der Waals surface area (Å²) in [6.45, 7) is 6.28. The fourth-order valence-electron chi connectivity index (χ4n) is 2.95. The minimum atomic E-state index is 0.295. The number of hydrogen-bond acceptors (Lipinski definition) is 2. The molecule has 1 aliphatic heterocycles. The summed E-state index contributed by atoms with van der Waals surface area (Å²) in [5, 5.41) is 3.46. The summed E-state index contributed by atoms with van der Waals surface area (Å²) in [6, 6.07) is 0. The van der Waals surface area contributed by atoms with E-state index in [-0.39, 0.29) is 0 Å². The molecule has 1 aliphatic carbocycles. The van der Waals surface area contributed by atoms with Gasteiger partial charge in [-0.2, -0.15) is 0 Å². The van der Waals surface area contributed by atoms with Crippen LogP contribution < -0.4 is 5.32 Å². The molecule has 2 rings (SSSR count). The molecule has 1 saturated carbocycles. The maximum atomic E-state index is 6.23. The molecule has 0 aromatic carbocycles. The van der Waals surface area contributed by atoms with Crippen molar-refractivity contribution in [2.75, 3.05) is 13.1 Å². The van der Waals surface area contributed by atoms with E-state index in [0.29, 0.717) is 11.7 Å². The summed E-state index contributed by atoms with van der Waals surface area (Å²) >= 11 is 0. The van der Waals surface area contributed by atoms with Crippen LogP contribution in [-0.4, -0.2) is 24.8 Å². The summed E-state index contributed by atoms with van der Waals surface area (Å²) < 4.78 is 6.23. The lowest BCUT2D eigenvalue weighted by Crippen LogP contribution is -2.31. The summed E-state index contributed by atoms with van der Waals surface area (Å²) in [7, 11) is 0. The van der Waals surface area contributed by atoms with Crippen molar-refractivity contribution in [3.8, 4) is 0 Å². The van der Waals surface area contributed by atoms with Crippen LogP contribution in [0.15, 0.2) is 11.6 Å². The molecule has 0 radical (unpaired) electrons. The Bertz CT molecular complexity index is 249. The number of ether oxygens (including phenoxy) is 1. The Morgan fingerprint density at radius 2 is 2.06 bits per heavy atom. The zero-order valence-corrected chi connectivity index (χ0v) is 10.7. The van der Waals surface area contributed by atoms with Crippen molar-refractivity contribution in [2.45, 2.75) is 64.1 Å². The zero-order valence-electron chi connectivity index (χ0n) is 10.7. The second kappa shape index (κ2) is 5.33. The lowest BCUT2D eigenvalue weighted by atomic mass is 9.98. The maximum Gasteiger partial charge on any atom is 0.0708 e. The van der Waals surface area contributed by atoms with Crippen molar-refractivity contribution in [1.29, 1.82) is 0 Å². The molecule has 2 fully saturated rings. The molecule has 0 aromatic heterocycles. The Labute approximate surface area is 99.4 Å². The van der Waals surface area contributed by atoms with E-state index >= 15 is 0 Å². The first-order valence-electron chi connectivity index (χ1n) is 6.72. The van der Waals surface area contributed by atoms with Crippen molar-refractivity contribution in [2.24, 2.45) is 0 Å². The fraction of sp³-hybridized carbons (Fsp3) is 0.857. The Balaban J connectivity index is 1.67. The minimum Gasteiger partial charge on any atom is -0.370 e. The molecule has 92 valence electrons. The predicted molar refractivity (Wildman–Crippen MR) is 67.6 cm³/mol. The van der Waals surface area contributed by atoms with E-state index in [1.807, 2.05) is 0 Å². The first-order chi connectivity index (χ1) is 7.70.